The van der Waals surface area contributed by atoms with Crippen LogP contribution in [0.2, 0.25) is 0 Å². The molecule has 1 amide bonds. The molecule has 3 rings (SSSR count). The molecule has 1 aliphatic carbocycles. The zero-order valence-corrected chi connectivity index (χ0v) is 13.4. The van der Waals surface area contributed by atoms with Crippen LogP contribution in [0.1, 0.15) is 35.2 Å². The van der Waals surface area contributed by atoms with Gasteiger partial charge in [0.25, 0.3) is 5.91 Å². The van der Waals surface area contributed by atoms with E-state index in [4.69, 9.17) is 5.73 Å². The van der Waals surface area contributed by atoms with Crippen molar-refractivity contribution >= 4 is 21.8 Å². The van der Waals surface area contributed by atoms with E-state index in [1.807, 2.05) is 30.0 Å². The Bertz CT molecular complexity index is 531. The van der Waals surface area contributed by atoms with Crippen molar-refractivity contribution in [2.45, 2.75) is 32.2 Å². The topological polar surface area (TPSA) is 46.3 Å². The molecule has 2 aliphatic rings. The number of carbonyl (C=O) groups excluding carboxylic acids is 1. The van der Waals surface area contributed by atoms with Gasteiger partial charge in [0.2, 0.25) is 0 Å². The second-order valence-corrected chi connectivity index (χ2v) is 7.07. The summed E-state index contributed by atoms with van der Waals surface area (Å²) in [4.78, 5) is 14.7. The normalized spacial score (nSPS) is 29.4. The lowest BCUT2D eigenvalue weighted by Crippen LogP contribution is -2.32. The standard InChI is InChI=1S/C16H21BrN2O/c1-10-14(3-2-4-15(10)17)16(20)19-8-11-5-6-13(18)7-12(11)9-19/h2-4,11-13H,5-9,18H2,1H3/t11-,12+,13?/m1/s1. The van der Waals surface area contributed by atoms with E-state index in [-0.39, 0.29) is 5.91 Å². The van der Waals surface area contributed by atoms with Gasteiger partial charge in [-0.05, 0) is 55.7 Å². The molecular formula is C16H21BrN2O. The van der Waals surface area contributed by atoms with Gasteiger partial charge in [0.1, 0.15) is 0 Å². The molecule has 1 unspecified atom stereocenters. The van der Waals surface area contributed by atoms with Crippen LogP contribution in [0.5, 0.6) is 0 Å². The number of likely N-dealkylation sites (tertiary alicyclic amines) is 1. The van der Waals surface area contributed by atoms with Crippen molar-refractivity contribution in [1.82, 2.24) is 4.90 Å². The molecule has 2 N–H and O–H groups in total. The third kappa shape index (κ3) is 2.51. The van der Waals surface area contributed by atoms with Crippen molar-refractivity contribution in [1.29, 1.82) is 0 Å². The van der Waals surface area contributed by atoms with Crippen LogP contribution in [0, 0.1) is 18.8 Å². The summed E-state index contributed by atoms with van der Waals surface area (Å²) in [6.07, 6.45) is 3.36. The second kappa shape index (κ2) is 5.49. The van der Waals surface area contributed by atoms with Crippen molar-refractivity contribution in [3.63, 3.8) is 0 Å². The maximum absolute atomic E-state index is 12.7. The minimum atomic E-state index is 0.173. The monoisotopic (exact) mass is 336 g/mol. The molecular weight excluding hydrogens is 316 g/mol. The lowest BCUT2D eigenvalue weighted by molar-refractivity contribution is 0.0783. The summed E-state index contributed by atoms with van der Waals surface area (Å²) < 4.78 is 1.00. The quantitative estimate of drug-likeness (QED) is 0.856. The summed E-state index contributed by atoms with van der Waals surface area (Å²) in [5.41, 5.74) is 7.91. The van der Waals surface area contributed by atoms with Crippen molar-refractivity contribution in [2.75, 3.05) is 13.1 Å². The Morgan fingerprint density at radius 3 is 2.85 bits per heavy atom. The van der Waals surface area contributed by atoms with E-state index in [9.17, 15) is 4.79 Å². The average Bonchev–Trinajstić information content (AvgIpc) is 2.84. The van der Waals surface area contributed by atoms with Gasteiger partial charge in [0.15, 0.2) is 0 Å². The molecule has 4 heteroatoms. The summed E-state index contributed by atoms with van der Waals surface area (Å²) in [7, 11) is 0. The van der Waals surface area contributed by atoms with Crippen LogP contribution in [0.25, 0.3) is 0 Å². The van der Waals surface area contributed by atoms with Crippen LogP contribution in [-0.4, -0.2) is 29.9 Å². The molecule has 1 aromatic carbocycles. The average molecular weight is 337 g/mol. The van der Waals surface area contributed by atoms with E-state index < -0.39 is 0 Å². The van der Waals surface area contributed by atoms with E-state index in [1.165, 1.54) is 6.42 Å². The Labute approximate surface area is 128 Å². The molecule has 108 valence electrons. The van der Waals surface area contributed by atoms with Crippen LogP contribution in [0.4, 0.5) is 0 Å². The largest absolute Gasteiger partial charge is 0.338 e. The number of amides is 1. The van der Waals surface area contributed by atoms with Gasteiger partial charge >= 0.3 is 0 Å². The number of rotatable bonds is 1. The highest BCUT2D eigenvalue weighted by Gasteiger charge is 2.38. The number of hydrogen-bond acceptors (Lipinski definition) is 2. The van der Waals surface area contributed by atoms with Gasteiger partial charge in [-0.1, -0.05) is 22.0 Å². The summed E-state index contributed by atoms with van der Waals surface area (Å²) >= 11 is 3.50. The second-order valence-electron chi connectivity index (χ2n) is 6.22. The zero-order chi connectivity index (χ0) is 14.3. The zero-order valence-electron chi connectivity index (χ0n) is 11.8. The first-order valence-corrected chi connectivity index (χ1v) is 8.15. The van der Waals surface area contributed by atoms with Gasteiger partial charge < -0.3 is 10.6 Å². The van der Waals surface area contributed by atoms with Crippen LogP contribution in [0.15, 0.2) is 22.7 Å². The SMILES string of the molecule is Cc1c(Br)cccc1C(=O)N1C[C@H]2CCC(N)C[C@H]2C1. The summed E-state index contributed by atoms with van der Waals surface area (Å²) in [6, 6.07) is 6.17. The third-order valence-corrected chi connectivity index (χ3v) is 5.73. The third-order valence-electron chi connectivity index (χ3n) is 4.88. The first kappa shape index (κ1) is 14.1. The summed E-state index contributed by atoms with van der Waals surface area (Å²) in [5, 5.41) is 0. The highest BCUT2D eigenvalue weighted by Crippen LogP contribution is 2.36. The maximum atomic E-state index is 12.7. The molecule has 0 spiro atoms. The number of fused-ring (bicyclic) bond motifs is 1. The van der Waals surface area contributed by atoms with E-state index in [0.717, 1.165) is 41.5 Å². The number of benzene rings is 1. The highest BCUT2D eigenvalue weighted by atomic mass is 79.9. The number of halogens is 1. The number of carbonyl (C=O) groups is 1. The van der Waals surface area contributed by atoms with Crippen molar-refractivity contribution in [3.8, 4) is 0 Å². The van der Waals surface area contributed by atoms with Crippen molar-refractivity contribution in [2.24, 2.45) is 17.6 Å². The van der Waals surface area contributed by atoms with Crippen LogP contribution in [-0.2, 0) is 0 Å². The molecule has 1 aromatic rings. The predicted molar refractivity (Wildman–Crippen MR) is 83.6 cm³/mol. The lowest BCUT2D eigenvalue weighted by Gasteiger charge is -2.27. The van der Waals surface area contributed by atoms with Gasteiger partial charge in [-0.25, -0.2) is 0 Å². The minimum absolute atomic E-state index is 0.173. The van der Waals surface area contributed by atoms with E-state index in [2.05, 4.69) is 15.9 Å². The summed E-state index contributed by atoms with van der Waals surface area (Å²) in [5.74, 6) is 1.44. The molecule has 0 aromatic heterocycles. The Balaban J connectivity index is 1.77. The number of hydrogen-bond donors (Lipinski definition) is 1. The fourth-order valence-corrected chi connectivity index (χ4v) is 4.01. The molecule has 0 radical (unpaired) electrons. The molecule has 0 bridgehead atoms. The smallest absolute Gasteiger partial charge is 0.254 e. The molecule has 1 aliphatic heterocycles. The predicted octanol–water partition coefficient (Wildman–Crippen LogP) is 2.96. The minimum Gasteiger partial charge on any atom is -0.338 e. The van der Waals surface area contributed by atoms with E-state index in [0.29, 0.717) is 17.9 Å². The number of nitrogens with zero attached hydrogens (tertiary/aromatic N) is 1. The Kier molecular flexibility index (Phi) is 3.87. The molecule has 3 nitrogen and oxygen atoms in total. The Morgan fingerprint density at radius 1 is 1.30 bits per heavy atom. The molecule has 1 saturated heterocycles. The first-order chi connectivity index (χ1) is 9.56. The van der Waals surface area contributed by atoms with Crippen molar-refractivity contribution < 1.29 is 4.79 Å². The lowest BCUT2D eigenvalue weighted by atomic mass is 9.79. The van der Waals surface area contributed by atoms with E-state index >= 15 is 0 Å². The van der Waals surface area contributed by atoms with Crippen LogP contribution >= 0.6 is 15.9 Å². The fraction of sp³-hybridized carbons (Fsp3) is 0.562. The van der Waals surface area contributed by atoms with Gasteiger partial charge in [-0.2, -0.15) is 0 Å². The van der Waals surface area contributed by atoms with Gasteiger partial charge in [0.05, 0.1) is 0 Å². The molecule has 1 saturated carbocycles. The highest BCUT2D eigenvalue weighted by molar-refractivity contribution is 9.10. The van der Waals surface area contributed by atoms with Gasteiger partial charge in [-0.15, -0.1) is 0 Å². The maximum Gasteiger partial charge on any atom is 0.254 e. The molecule has 3 atom stereocenters. The van der Waals surface area contributed by atoms with Gasteiger partial charge in [-0.3, -0.25) is 4.79 Å². The first-order valence-electron chi connectivity index (χ1n) is 7.36. The molecule has 20 heavy (non-hydrogen) atoms. The number of nitrogens with two attached hydrogens (primary N) is 1. The summed E-state index contributed by atoms with van der Waals surface area (Å²) in [6.45, 7) is 3.78. The van der Waals surface area contributed by atoms with Gasteiger partial charge in [0, 0.05) is 29.2 Å². The van der Waals surface area contributed by atoms with Crippen LogP contribution in [0.3, 0.4) is 0 Å². The van der Waals surface area contributed by atoms with Crippen molar-refractivity contribution in [3.05, 3.63) is 33.8 Å². The fourth-order valence-electron chi connectivity index (χ4n) is 3.64. The van der Waals surface area contributed by atoms with E-state index in [1.54, 1.807) is 0 Å². The Hall–Kier alpha value is -0.870. The Morgan fingerprint density at radius 2 is 2.05 bits per heavy atom. The van der Waals surface area contributed by atoms with Crippen LogP contribution < -0.4 is 5.73 Å². The molecule has 2 fully saturated rings. The molecule has 1 heterocycles.